The van der Waals surface area contributed by atoms with E-state index >= 15 is 0 Å². The Kier molecular flexibility index (Phi) is 5.00. The van der Waals surface area contributed by atoms with Crippen molar-refractivity contribution in [3.8, 4) is 0 Å². The zero-order valence-corrected chi connectivity index (χ0v) is 13.0. The van der Waals surface area contributed by atoms with Crippen molar-refractivity contribution in [1.82, 2.24) is 15.5 Å². The van der Waals surface area contributed by atoms with Crippen molar-refractivity contribution < 1.29 is 9.59 Å². The molecule has 6 heteroatoms. The van der Waals surface area contributed by atoms with Crippen LogP contribution in [0.2, 0.25) is 0 Å². The maximum absolute atomic E-state index is 12.1. The van der Waals surface area contributed by atoms with E-state index in [4.69, 9.17) is 0 Å². The van der Waals surface area contributed by atoms with E-state index in [0.717, 1.165) is 15.6 Å². The molecule has 1 fully saturated rings. The van der Waals surface area contributed by atoms with Crippen LogP contribution in [0, 0.1) is 6.92 Å². The molecule has 2 rings (SSSR count). The van der Waals surface area contributed by atoms with Gasteiger partial charge in [-0.1, -0.05) is 33.6 Å². The van der Waals surface area contributed by atoms with Gasteiger partial charge in [0.25, 0.3) is 0 Å². The summed E-state index contributed by atoms with van der Waals surface area (Å²) in [5.41, 5.74) is 2.20. The molecule has 0 bridgehead atoms. The van der Waals surface area contributed by atoms with Crippen molar-refractivity contribution in [2.75, 3.05) is 19.6 Å². The molecule has 20 heavy (non-hydrogen) atoms. The molecule has 1 aliphatic heterocycles. The highest BCUT2D eigenvalue weighted by atomic mass is 79.9. The molecule has 1 aromatic rings. The molecule has 5 nitrogen and oxygen atoms in total. The second-order valence-electron chi connectivity index (χ2n) is 4.84. The van der Waals surface area contributed by atoms with Gasteiger partial charge in [0, 0.05) is 37.1 Å². The van der Waals surface area contributed by atoms with E-state index in [9.17, 15) is 9.59 Å². The molecule has 0 atom stereocenters. The molecule has 0 aliphatic carbocycles. The summed E-state index contributed by atoms with van der Waals surface area (Å²) in [7, 11) is 0. The van der Waals surface area contributed by atoms with Crippen molar-refractivity contribution in [2.24, 2.45) is 0 Å². The second-order valence-corrected chi connectivity index (χ2v) is 5.69. The van der Waals surface area contributed by atoms with Gasteiger partial charge in [0.2, 0.25) is 5.91 Å². The van der Waals surface area contributed by atoms with Crippen LogP contribution < -0.4 is 10.6 Å². The first-order chi connectivity index (χ1) is 9.56. The predicted octanol–water partition coefficient (Wildman–Crippen LogP) is 1.79. The number of rotatable bonds is 2. The highest BCUT2D eigenvalue weighted by Gasteiger charge is 2.18. The molecule has 0 unspecified atom stereocenters. The molecular weight excluding hydrogens is 322 g/mol. The molecule has 0 spiro atoms. The second kappa shape index (κ2) is 6.74. The van der Waals surface area contributed by atoms with Gasteiger partial charge < -0.3 is 15.5 Å². The summed E-state index contributed by atoms with van der Waals surface area (Å²) in [5.74, 6) is 0.00160. The SMILES string of the molecule is Cc1ccc(Br)c(CNC(=O)N2CCNC(=O)CC2)c1. The molecule has 1 saturated heterocycles. The number of hydrogen-bond donors (Lipinski definition) is 2. The van der Waals surface area contributed by atoms with Gasteiger partial charge in [-0.15, -0.1) is 0 Å². The van der Waals surface area contributed by atoms with Crippen molar-refractivity contribution in [3.05, 3.63) is 33.8 Å². The Balaban J connectivity index is 1.91. The molecule has 0 saturated carbocycles. The number of carbonyl (C=O) groups excluding carboxylic acids is 2. The number of aryl methyl sites for hydroxylation is 1. The number of urea groups is 1. The zero-order valence-electron chi connectivity index (χ0n) is 11.4. The molecule has 2 N–H and O–H groups in total. The molecule has 1 heterocycles. The molecule has 108 valence electrons. The number of carbonyl (C=O) groups is 2. The van der Waals surface area contributed by atoms with Gasteiger partial charge in [0.1, 0.15) is 0 Å². The first kappa shape index (κ1) is 14.8. The van der Waals surface area contributed by atoms with Crippen LogP contribution in [0.1, 0.15) is 17.5 Å². The first-order valence-corrected chi connectivity index (χ1v) is 7.40. The molecule has 0 radical (unpaired) electrons. The smallest absolute Gasteiger partial charge is 0.317 e. The Morgan fingerprint density at radius 3 is 3.05 bits per heavy atom. The maximum Gasteiger partial charge on any atom is 0.317 e. The molecule has 0 aromatic heterocycles. The number of halogens is 1. The Bertz CT molecular complexity index is 519. The van der Waals surface area contributed by atoms with E-state index in [1.165, 1.54) is 0 Å². The van der Waals surface area contributed by atoms with Gasteiger partial charge in [0.05, 0.1) is 0 Å². The van der Waals surface area contributed by atoms with E-state index < -0.39 is 0 Å². The lowest BCUT2D eigenvalue weighted by Gasteiger charge is -2.20. The minimum Gasteiger partial charge on any atom is -0.354 e. The van der Waals surface area contributed by atoms with Crippen LogP contribution in [-0.2, 0) is 11.3 Å². The van der Waals surface area contributed by atoms with Crippen LogP contribution >= 0.6 is 15.9 Å². The molecule has 1 aromatic carbocycles. The fourth-order valence-electron chi connectivity index (χ4n) is 2.09. The van der Waals surface area contributed by atoms with Crippen LogP contribution in [-0.4, -0.2) is 36.5 Å². The van der Waals surface area contributed by atoms with E-state index in [1.54, 1.807) is 4.90 Å². The summed E-state index contributed by atoms with van der Waals surface area (Å²) in [5, 5.41) is 5.65. The number of nitrogens with zero attached hydrogens (tertiary/aromatic N) is 1. The van der Waals surface area contributed by atoms with Gasteiger partial charge in [-0.25, -0.2) is 4.79 Å². The summed E-state index contributed by atoms with van der Waals surface area (Å²) in [4.78, 5) is 25.0. The number of benzene rings is 1. The fraction of sp³-hybridized carbons (Fsp3) is 0.429. The van der Waals surface area contributed by atoms with E-state index in [0.29, 0.717) is 32.6 Å². The number of hydrogen-bond acceptors (Lipinski definition) is 2. The van der Waals surface area contributed by atoms with Gasteiger partial charge in [0.15, 0.2) is 0 Å². The summed E-state index contributed by atoms with van der Waals surface area (Å²) in [6, 6.07) is 5.90. The Hall–Kier alpha value is -1.56. The summed E-state index contributed by atoms with van der Waals surface area (Å²) < 4.78 is 0.983. The van der Waals surface area contributed by atoms with E-state index in [2.05, 4.69) is 26.6 Å². The highest BCUT2D eigenvalue weighted by Crippen LogP contribution is 2.17. The largest absolute Gasteiger partial charge is 0.354 e. The standard InChI is InChI=1S/C14H18BrN3O2/c1-10-2-3-12(15)11(8-10)9-17-14(20)18-6-4-13(19)16-5-7-18/h2-3,8H,4-7,9H2,1H3,(H,16,19)(H,17,20). The topological polar surface area (TPSA) is 61.4 Å². The third kappa shape index (κ3) is 3.96. The lowest BCUT2D eigenvalue weighted by atomic mass is 10.1. The minimum absolute atomic E-state index is 0.00160. The van der Waals surface area contributed by atoms with Crippen molar-refractivity contribution >= 4 is 27.9 Å². The molecule has 1 aliphatic rings. The van der Waals surface area contributed by atoms with Crippen LogP contribution in [0.3, 0.4) is 0 Å². The van der Waals surface area contributed by atoms with Crippen molar-refractivity contribution in [1.29, 1.82) is 0 Å². The van der Waals surface area contributed by atoms with Gasteiger partial charge in [-0.3, -0.25) is 4.79 Å². The predicted molar refractivity (Wildman–Crippen MR) is 80.3 cm³/mol. The van der Waals surface area contributed by atoms with E-state index in [1.807, 2.05) is 25.1 Å². The van der Waals surface area contributed by atoms with Gasteiger partial charge >= 0.3 is 6.03 Å². The third-order valence-electron chi connectivity index (χ3n) is 3.23. The minimum atomic E-state index is -0.130. The van der Waals surface area contributed by atoms with Crippen molar-refractivity contribution in [2.45, 2.75) is 19.9 Å². The molecular formula is C14H18BrN3O2. The van der Waals surface area contributed by atoms with Crippen LogP contribution in [0.5, 0.6) is 0 Å². The Morgan fingerprint density at radius 2 is 2.25 bits per heavy atom. The van der Waals surface area contributed by atoms with E-state index in [-0.39, 0.29) is 11.9 Å². The summed E-state index contributed by atoms with van der Waals surface area (Å²) in [6.07, 6.45) is 0.363. The fourth-order valence-corrected chi connectivity index (χ4v) is 2.48. The highest BCUT2D eigenvalue weighted by molar-refractivity contribution is 9.10. The summed E-state index contributed by atoms with van der Waals surface area (Å²) >= 11 is 3.48. The Labute approximate surface area is 126 Å². The van der Waals surface area contributed by atoms with Crippen LogP contribution in [0.4, 0.5) is 4.79 Å². The zero-order chi connectivity index (χ0) is 14.5. The van der Waals surface area contributed by atoms with Crippen LogP contribution in [0.15, 0.2) is 22.7 Å². The van der Waals surface area contributed by atoms with Crippen LogP contribution in [0.25, 0.3) is 0 Å². The third-order valence-corrected chi connectivity index (χ3v) is 4.00. The average Bonchev–Trinajstić information content (AvgIpc) is 2.64. The normalized spacial score (nSPS) is 15.5. The van der Waals surface area contributed by atoms with Gasteiger partial charge in [-0.2, -0.15) is 0 Å². The number of nitrogens with one attached hydrogen (secondary N) is 2. The van der Waals surface area contributed by atoms with Gasteiger partial charge in [-0.05, 0) is 18.6 Å². The quantitative estimate of drug-likeness (QED) is 0.862. The lowest BCUT2D eigenvalue weighted by molar-refractivity contribution is -0.120. The summed E-state index contributed by atoms with van der Waals surface area (Å²) in [6.45, 7) is 4.02. The lowest BCUT2D eigenvalue weighted by Crippen LogP contribution is -2.41. The monoisotopic (exact) mass is 339 g/mol. The Morgan fingerprint density at radius 1 is 1.45 bits per heavy atom. The molecule has 3 amide bonds. The van der Waals surface area contributed by atoms with Crippen molar-refractivity contribution in [3.63, 3.8) is 0 Å². The maximum atomic E-state index is 12.1. The number of amides is 3. The average molecular weight is 340 g/mol. The first-order valence-electron chi connectivity index (χ1n) is 6.61.